The maximum atomic E-state index is 10.6. The fourth-order valence-corrected chi connectivity index (χ4v) is 0.348. The molecule has 0 unspecified atom stereocenters. The molecule has 0 rings (SSSR count). The summed E-state index contributed by atoms with van der Waals surface area (Å²) < 4.78 is 0. The molecule has 4 N–H and O–H groups in total. The number of nitrogens with two attached hydrogens (primary N) is 1. The number of hydrogen-bond acceptors (Lipinski definition) is 3. The minimum absolute atomic E-state index is 0.0208. The van der Waals surface area contributed by atoms with Gasteiger partial charge < -0.3 is 16.4 Å². The van der Waals surface area contributed by atoms with Gasteiger partial charge in [0.25, 0.3) is 0 Å². The Morgan fingerprint density at radius 2 is 1.80 bits per heavy atom. The maximum Gasteiger partial charge on any atom is 0.236 e. The van der Waals surface area contributed by atoms with Gasteiger partial charge in [0.05, 0.1) is 6.04 Å². The molecule has 0 spiro atoms. The zero-order chi connectivity index (χ0) is 8.57. The minimum Gasteiger partial charge on any atom is -0.358 e. The van der Waals surface area contributed by atoms with Crippen LogP contribution in [0.25, 0.3) is 0 Å². The van der Waals surface area contributed by atoms with Gasteiger partial charge >= 0.3 is 0 Å². The average molecular weight is 147 g/mol. The third-order valence-electron chi connectivity index (χ3n) is 1.07. The summed E-state index contributed by atoms with van der Waals surface area (Å²) in [5, 5.41) is 5.32. The molecule has 4 heteroatoms. The van der Waals surface area contributed by atoms with Crippen LogP contribution in [0.3, 0.4) is 0 Å². The van der Waals surface area contributed by atoms with Crippen LogP contribution >= 0.6 is 0 Å². The van der Waals surface area contributed by atoms with Gasteiger partial charge in [0.2, 0.25) is 5.91 Å². The Bertz CT molecular complexity index is 85.1. The summed E-state index contributed by atoms with van der Waals surface area (Å²) in [6.07, 6.45) is 0. The minimum atomic E-state index is -0.0833. The van der Waals surface area contributed by atoms with Crippen LogP contribution in [0.2, 0.25) is 0 Å². The van der Waals surface area contributed by atoms with Gasteiger partial charge in [0.1, 0.15) is 0 Å². The van der Waals surface area contributed by atoms with Crippen molar-refractivity contribution in [3.63, 3.8) is 0 Å². The van der Waals surface area contributed by atoms with Gasteiger partial charge in [-0.15, -0.1) is 0 Å². The largest absolute Gasteiger partial charge is 0.358 e. The lowest BCUT2D eigenvalue weighted by molar-refractivity contribution is -0.122. The van der Waals surface area contributed by atoms with Crippen LogP contribution in [0.4, 0.5) is 0 Å². The van der Waals surface area contributed by atoms with Crippen LogP contribution in [0.15, 0.2) is 0 Å². The monoisotopic (exact) mass is 147 g/mol. The van der Waals surface area contributed by atoms with Crippen molar-refractivity contribution < 1.29 is 4.79 Å². The van der Waals surface area contributed by atoms with Crippen LogP contribution < -0.4 is 16.4 Å². The predicted octanol–water partition coefficient (Wildman–Crippen LogP) is -1.08. The zero-order valence-electron chi connectivity index (χ0n) is 7.06. The summed E-state index contributed by atoms with van der Waals surface area (Å²) >= 11 is 0. The number of hydrogen-bond donors (Lipinski definition) is 3. The van der Waals surface area contributed by atoms with E-state index in [1.807, 2.05) is 0 Å². The van der Waals surface area contributed by atoms with Crippen LogP contribution in [0, 0.1) is 0 Å². The van der Waals surface area contributed by atoms with Gasteiger partial charge in [-0.3, -0.25) is 4.79 Å². The first-order chi connectivity index (χ1) is 4.72. The highest BCUT2D eigenvalue weighted by Crippen LogP contribution is 1.75. The molecular weight excluding hydrogens is 130 g/mol. The molecule has 0 saturated carbocycles. The van der Waals surface area contributed by atoms with Crippen molar-refractivity contribution in [2.75, 3.05) is 21.1 Å². The second-order valence-electron chi connectivity index (χ2n) is 1.62. The second kappa shape index (κ2) is 8.39. The van der Waals surface area contributed by atoms with Gasteiger partial charge in [0.15, 0.2) is 0 Å². The third kappa shape index (κ3) is 5.53. The SMILES string of the molecule is CN.CNC(=O)[C@H](C)NC. The molecule has 0 bridgehead atoms. The molecule has 0 fully saturated rings. The fraction of sp³-hybridized carbons (Fsp3) is 0.833. The zero-order valence-corrected chi connectivity index (χ0v) is 7.06. The maximum absolute atomic E-state index is 10.6. The standard InChI is InChI=1S/C5H12N2O.CH5N/c1-4(6-2)5(8)7-3;1-2/h4,6H,1-3H3,(H,7,8);2H2,1H3/t4-;/m0./s1. The lowest BCUT2D eigenvalue weighted by atomic mass is 10.3. The Hall–Kier alpha value is -0.610. The molecule has 0 radical (unpaired) electrons. The molecule has 0 heterocycles. The van der Waals surface area contributed by atoms with Crippen molar-refractivity contribution in [1.29, 1.82) is 0 Å². The molecule has 0 aliphatic heterocycles. The lowest BCUT2D eigenvalue weighted by Crippen LogP contribution is -2.38. The third-order valence-corrected chi connectivity index (χ3v) is 1.07. The summed E-state index contributed by atoms with van der Waals surface area (Å²) in [5.41, 5.74) is 4.50. The molecule has 0 aromatic rings. The number of nitrogens with one attached hydrogen (secondary N) is 2. The van der Waals surface area contributed by atoms with E-state index >= 15 is 0 Å². The number of likely N-dealkylation sites (N-methyl/N-ethyl adjacent to an activating group) is 2. The highest BCUT2D eigenvalue weighted by molar-refractivity contribution is 5.80. The van der Waals surface area contributed by atoms with Crippen molar-refractivity contribution in [1.82, 2.24) is 10.6 Å². The van der Waals surface area contributed by atoms with Crippen molar-refractivity contribution in [2.24, 2.45) is 5.73 Å². The molecule has 1 atom stereocenters. The predicted molar refractivity (Wildman–Crippen MR) is 42.7 cm³/mol. The fourth-order valence-electron chi connectivity index (χ4n) is 0.348. The summed E-state index contributed by atoms with van der Waals surface area (Å²) in [4.78, 5) is 10.6. The van der Waals surface area contributed by atoms with Crippen molar-refractivity contribution in [3.05, 3.63) is 0 Å². The van der Waals surface area contributed by atoms with Gasteiger partial charge in [-0.2, -0.15) is 0 Å². The lowest BCUT2D eigenvalue weighted by Gasteiger charge is -2.05. The first-order valence-corrected chi connectivity index (χ1v) is 3.19. The number of amides is 1. The van der Waals surface area contributed by atoms with E-state index < -0.39 is 0 Å². The van der Waals surface area contributed by atoms with Crippen LogP contribution in [-0.2, 0) is 4.79 Å². The smallest absolute Gasteiger partial charge is 0.236 e. The van der Waals surface area contributed by atoms with Gasteiger partial charge in [-0.1, -0.05) is 0 Å². The van der Waals surface area contributed by atoms with Crippen molar-refractivity contribution in [2.45, 2.75) is 13.0 Å². The van der Waals surface area contributed by atoms with Gasteiger partial charge in [0, 0.05) is 7.05 Å². The molecule has 62 valence electrons. The molecule has 0 saturated heterocycles. The van der Waals surface area contributed by atoms with Crippen molar-refractivity contribution in [3.8, 4) is 0 Å². The van der Waals surface area contributed by atoms with E-state index in [2.05, 4.69) is 16.4 Å². The molecule has 4 nitrogen and oxygen atoms in total. The second-order valence-corrected chi connectivity index (χ2v) is 1.62. The van der Waals surface area contributed by atoms with E-state index in [-0.39, 0.29) is 11.9 Å². The molecule has 0 aliphatic rings. The molecular formula is C6H17N3O. The molecule has 1 amide bonds. The molecule has 0 aliphatic carbocycles. The normalized spacial score (nSPS) is 10.9. The number of carbonyl (C=O) groups is 1. The topological polar surface area (TPSA) is 67.1 Å². The molecule has 0 aromatic heterocycles. The first-order valence-electron chi connectivity index (χ1n) is 3.19. The van der Waals surface area contributed by atoms with Crippen molar-refractivity contribution >= 4 is 5.91 Å². The highest BCUT2D eigenvalue weighted by atomic mass is 16.2. The van der Waals surface area contributed by atoms with Crippen LogP contribution in [0.5, 0.6) is 0 Å². The number of carbonyl (C=O) groups excluding carboxylic acids is 1. The Labute approximate surface area is 62.2 Å². The first kappa shape index (κ1) is 12.1. The summed E-state index contributed by atoms with van der Waals surface area (Å²) in [7, 11) is 4.87. The highest BCUT2D eigenvalue weighted by Gasteiger charge is 2.04. The quantitative estimate of drug-likeness (QED) is 0.465. The van der Waals surface area contributed by atoms with E-state index in [9.17, 15) is 4.79 Å². The van der Waals surface area contributed by atoms with Gasteiger partial charge in [-0.05, 0) is 21.0 Å². The summed E-state index contributed by atoms with van der Waals surface area (Å²) in [6, 6.07) is -0.0833. The van der Waals surface area contributed by atoms with E-state index in [1.54, 1.807) is 21.0 Å². The van der Waals surface area contributed by atoms with Crippen LogP contribution in [-0.4, -0.2) is 33.1 Å². The molecule has 10 heavy (non-hydrogen) atoms. The number of rotatable bonds is 2. The average Bonchev–Trinajstić information content (AvgIpc) is 2.05. The van der Waals surface area contributed by atoms with Crippen LogP contribution in [0.1, 0.15) is 6.92 Å². The Balaban J connectivity index is 0. The Kier molecular flexibility index (Phi) is 10.2. The molecule has 0 aromatic carbocycles. The van der Waals surface area contributed by atoms with Gasteiger partial charge in [-0.25, -0.2) is 0 Å². The summed E-state index contributed by atoms with van der Waals surface area (Å²) in [6.45, 7) is 1.80. The summed E-state index contributed by atoms with van der Waals surface area (Å²) in [5.74, 6) is 0.0208. The van der Waals surface area contributed by atoms with E-state index in [0.29, 0.717) is 0 Å². The Morgan fingerprint density at radius 1 is 1.40 bits per heavy atom. The van der Waals surface area contributed by atoms with E-state index in [4.69, 9.17) is 0 Å². The van der Waals surface area contributed by atoms with E-state index in [1.165, 1.54) is 7.05 Å². The Morgan fingerprint density at radius 3 is 1.90 bits per heavy atom. The van der Waals surface area contributed by atoms with E-state index in [0.717, 1.165) is 0 Å².